The molecule has 0 radical (unpaired) electrons. The molecule has 3 rings (SSSR count). The molecule has 0 amide bonds. The molecule has 1 N–H and O–H groups in total. The van der Waals surface area contributed by atoms with Gasteiger partial charge < -0.3 is 5.11 Å². The van der Waals surface area contributed by atoms with Crippen LogP contribution in [0.3, 0.4) is 0 Å². The van der Waals surface area contributed by atoms with E-state index in [2.05, 4.69) is 0 Å². The Hall–Kier alpha value is -2.09. The van der Waals surface area contributed by atoms with Crippen LogP contribution in [0.2, 0.25) is 0 Å². The molecule has 0 bridgehead atoms. The number of fused-ring (bicyclic) bond motifs is 1. The smallest absolute Gasteiger partial charge is 0.142 e. The highest BCUT2D eigenvalue weighted by Crippen LogP contribution is 2.48. The number of aromatic hydroxyl groups is 1. The Bertz CT molecular complexity index is 679. The van der Waals surface area contributed by atoms with E-state index >= 15 is 0 Å². The highest BCUT2D eigenvalue weighted by atomic mass is 16.3. The van der Waals surface area contributed by atoms with Gasteiger partial charge in [-0.05, 0) is 53.8 Å². The van der Waals surface area contributed by atoms with Gasteiger partial charge in [-0.15, -0.1) is 0 Å². The van der Waals surface area contributed by atoms with E-state index in [0.717, 1.165) is 28.2 Å². The summed E-state index contributed by atoms with van der Waals surface area (Å²) in [4.78, 5) is 10.6. The van der Waals surface area contributed by atoms with Crippen LogP contribution in [-0.4, -0.2) is 11.4 Å². The molecule has 0 spiro atoms. The van der Waals surface area contributed by atoms with Crippen LogP contribution in [0.1, 0.15) is 35.4 Å². The standard InChI is InChI=1S/C17H16O2/c1-11-16(12-8-9-12)14(7-4-10-18)13-5-2-3-6-15(13)17(11)19/h2-7,10,12,19H,8-9H2,1H3/b7-4+. The van der Waals surface area contributed by atoms with Crippen molar-refractivity contribution in [1.29, 1.82) is 0 Å². The zero-order chi connectivity index (χ0) is 13.4. The van der Waals surface area contributed by atoms with E-state index in [0.29, 0.717) is 11.7 Å². The van der Waals surface area contributed by atoms with Gasteiger partial charge in [0.25, 0.3) is 0 Å². The molecule has 96 valence electrons. The monoisotopic (exact) mass is 252 g/mol. The van der Waals surface area contributed by atoms with Gasteiger partial charge in [-0.1, -0.05) is 30.3 Å². The number of phenolic OH excluding ortho intramolecular Hbond substituents is 1. The van der Waals surface area contributed by atoms with Crippen molar-refractivity contribution < 1.29 is 9.90 Å². The number of hydrogen-bond acceptors (Lipinski definition) is 2. The normalized spacial score (nSPS) is 15.2. The van der Waals surface area contributed by atoms with Crippen LogP contribution in [0, 0.1) is 6.92 Å². The summed E-state index contributed by atoms with van der Waals surface area (Å²) in [6.07, 6.45) is 6.54. The number of phenols is 1. The lowest BCUT2D eigenvalue weighted by atomic mass is 9.90. The third-order valence-electron chi connectivity index (χ3n) is 3.85. The minimum absolute atomic E-state index is 0.376. The van der Waals surface area contributed by atoms with Gasteiger partial charge in [-0.3, -0.25) is 4.79 Å². The van der Waals surface area contributed by atoms with Crippen molar-refractivity contribution in [2.75, 3.05) is 0 Å². The van der Waals surface area contributed by atoms with Crippen molar-refractivity contribution in [3.63, 3.8) is 0 Å². The molecular weight excluding hydrogens is 236 g/mol. The van der Waals surface area contributed by atoms with Crippen LogP contribution in [0.25, 0.3) is 16.8 Å². The summed E-state index contributed by atoms with van der Waals surface area (Å²) in [6.45, 7) is 1.97. The van der Waals surface area contributed by atoms with Crippen molar-refractivity contribution in [2.45, 2.75) is 25.7 Å². The summed E-state index contributed by atoms with van der Waals surface area (Å²) in [5, 5.41) is 12.2. The largest absolute Gasteiger partial charge is 0.507 e. The first kappa shape index (κ1) is 12.0. The summed E-state index contributed by atoms with van der Waals surface area (Å²) in [5.41, 5.74) is 3.24. The predicted octanol–water partition coefficient (Wildman–Crippen LogP) is 3.94. The van der Waals surface area contributed by atoms with Gasteiger partial charge in [0, 0.05) is 5.39 Å². The predicted molar refractivity (Wildman–Crippen MR) is 77.4 cm³/mol. The molecular formula is C17H16O2. The van der Waals surface area contributed by atoms with Gasteiger partial charge in [0.15, 0.2) is 0 Å². The molecule has 2 aromatic carbocycles. The Morgan fingerprint density at radius 2 is 1.89 bits per heavy atom. The quantitative estimate of drug-likeness (QED) is 0.663. The SMILES string of the molecule is Cc1c(C2CC2)c(/C=C/C=O)c2ccccc2c1O. The lowest BCUT2D eigenvalue weighted by Crippen LogP contribution is -1.94. The minimum atomic E-state index is 0.376. The van der Waals surface area contributed by atoms with Crippen molar-refractivity contribution in [1.82, 2.24) is 0 Å². The first-order chi connectivity index (χ1) is 9.24. The molecule has 2 aromatic rings. The second-order valence-electron chi connectivity index (χ2n) is 5.12. The van der Waals surface area contributed by atoms with E-state index in [9.17, 15) is 9.90 Å². The second kappa shape index (κ2) is 4.54. The summed E-state index contributed by atoms with van der Waals surface area (Å²) in [7, 11) is 0. The van der Waals surface area contributed by atoms with Crippen LogP contribution in [0.4, 0.5) is 0 Å². The number of carbonyl (C=O) groups is 1. The van der Waals surface area contributed by atoms with Gasteiger partial charge in [-0.2, -0.15) is 0 Å². The number of allylic oxidation sites excluding steroid dienone is 1. The molecule has 0 unspecified atom stereocenters. The molecule has 0 aliphatic heterocycles. The zero-order valence-electron chi connectivity index (χ0n) is 10.9. The van der Waals surface area contributed by atoms with E-state index in [1.807, 2.05) is 37.3 Å². The molecule has 2 nitrogen and oxygen atoms in total. The molecule has 1 saturated carbocycles. The second-order valence-corrected chi connectivity index (χ2v) is 5.12. The number of hydrogen-bond donors (Lipinski definition) is 1. The molecule has 2 heteroatoms. The molecule has 19 heavy (non-hydrogen) atoms. The van der Waals surface area contributed by atoms with Crippen LogP contribution in [0.5, 0.6) is 5.75 Å². The third kappa shape index (κ3) is 1.93. The molecule has 0 saturated heterocycles. The average molecular weight is 252 g/mol. The Labute approximate surface area is 112 Å². The first-order valence-corrected chi connectivity index (χ1v) is 6.60. The zero-order valence-corrected chi connectivity index (χ0v) is 10.9. The highest BCUT2D eigenvalue weighted by Gasteiger charge is 2.29. The van der Waals surface area contributed by atoms with Gasteiger partial charge in [0.1, 0.15) is 12.0 Å². The maximum atomic E-state index is 10.6. The Balaban J connectivity index is 2.39. The molecule has 0 aromatic heterocycles. The molecule has 0 atom stereocenters. The summed E-state index contributed by atoms with van der Waals surface area (Å²) >= 11 is 0. The van der Waals surface area contributed by atoms with E-state index < -0.39 is 0 Å². The Kier molecular flexibility index (Phi) is 2.86. The highest BCUT2D eigenvalue weighted by molar-refractivity contribution is 5.98. The summed E-state index contributed by atoms with van der Waals surface area (Å²) in [6, 6.07) is 7.81. The molecule has 0 heterocycles. The lowest BCUT2D eigenvalue weighted by Gasteiger charge is -2.15. The van der Waals surface area contributed by atoms with Crippen molar-refractivity contribution in [3.05, 3.63) is 47.0 Å². The maximum absolute atomic E-state index is 10.6. The fourth-order valence-corrected chi connectivity index (χ4v) is 2.81. The van der Waals surface area contributed by atoms with Crippen molar-refractivity contribution in [3.8, 4) is 5.75 Å². The molecule has 1 aliphatic carbocycles. The van der Waals surface area contributed by atoms with Gasteiger partial charge in [0.2, 0.25) is 0 Å². The average Bonchev–Trinajstić information content (AvgIpc) is 3.25. The van der Waals surface area contributed by atoms with E-state index in [-0.39, 0.29) is 0 Å². The number of carbonyl (C=O) groups excluding carboxylic acids is 1. The minimum Gasteiger partial charge on any atom is -0.507 e. The Morgan fingerprint density at radius 1 is 1.21 bits per heavy atom. The van der Waals surface area contributed by atoms with Crippen LogP contribution in [0.15, 0.2) is 30.3 Å². The summed E-state index contributed by atoms with van der Waals surface area (Å²) in [5.74, 6) is 0.905. The van der Waals surface area contributed by atoms with E-state index in [1.54, 1.807) is 0 Å². The first-order valence-electron chi connectivity index (χ1n) is 6.60. The van der Waals surface area contributed by atoms with Gasteiger partial charge in [0.05, 0.1) is 0 Å². The van der Waals surface area contributed by atoms with Gasteiger partial charge >= 0.3 is 0 Å². The number of aldehydes is 1. The molecule has 1 aliphatic rings. The maximum Gasteiger partial charge on any atom is 0.142 e. The number of rotatable bonds is 3. The van der Waals surface area contributed by atoms with E-state index in [4.69, 9.17) is 0 Å². The van der Waals surface area contributed by atoms with Crippen molar-refractivity contribution >= 4 is 23.1 Å². The van der Waals surface area contributed by atoms with Crippen LogP contribution in [-0.2, 0) is 4.79 Å². The summed E-state index contributed by atoms with van der Waals surface area (Å²) < 4.78 is 0. The topological polar surface area (TPSA) is 37.3 Å². The third-order valence-corrected chi connectivity index (χ3v) is 3.85. The van der Waals surface area contributed by atoms with Crippen LogP contribution >= 0.6 is 0 Å². The van der Waals surface area contributed by atoms with Gasteiger partial charge in [-0.25, -0.2) is 0 Å². The fraction of sp³-hybridized carbons (Fsp3) is 0.235. The lowest BCUT2D eigenvalue weighted by molar-refractivity contribution is -0.104. The van der Waals surface area contributed by atoms with E-state index in [1.165, 1.54) is 24.5 Å². The Morgan fingerprint density at radius 3 is 2.53 bits per heavy atom. The van der Waals surface area contributed by atoms with Crippen LogP contribution < -0.4 is 0 Å². The fourth-order valence-electron chi connectivity index (χ4n) is 2.81. The van der Waals surface area contributed by atoms with Crippen molar-refractivity contribution in [2.24, 2.45) is 0 Å². The number of benzene rings is 2. The molecule has 1 fully saturated rings.